The third kappa shape index (κ3) is 5.87. The molecule has 1 aromatic carbocycles. The quantitative estimate of drug-likeness (QED) is 0.360. The number of hydrogen-bond donors (Lipinski definition) is 3. The number of pyridine rings is 1. The molecule has 0 radical (unpaired) electrons. The number of anilines is 2. The van der Waals surface area contributed by atoms with Crippen LogP contribution in [0, 0.1) is 5.82 Å². The summed E-state index contributed by atoms with van der Waals surface area (Å²) in [4.78, 5) is 20.0. The van der Waals surface area contributed by atoms with Crippen LogP contribution in [0.4, 0.5) is 20.6 Å². The first kappa shape index (κ1) is 27.0. The van der Waals surface area contributed by atoms with E-state index in [1.54, 1.807) is 21.9 Å². The Labute approximate surface area is 225 Å². The van der Waals surface area contributed by atoms with E-state index >= 15 is 0 Å². The van der Waals surface area contributed by atoms with E-state index < -0.39 is 24.6 Å². The Balaban J connectivity index is 1.16. The Morgan fingerprint density at radius 2 is 2.10 bits per heavy atom. The van der Waals surface area contributed by atoms with Crippen molar-refractivity contribution in [2.24, 2.45) is 0 Å². The summed E-state index contributed by atoms with van der Waals surface area (Å²) in [6.07, 6.45) is 2.77. The number of methoxy groups -OCH3 is 1. The van der Waals surface area contributed by atoms with Crippen LogP contribution < -0.4 is 24.6 Å². The molecule has 3 N–H and O–H groups in total. The van der Waals surface area contributed by atoms with Crippen LogP contribution in [0.5, 0.6) is 11.5 Å². The van der Waals surface area contributed by atoms with Gasteiger partial charge in [-0.2, -0.15) is 0 Å². The predicted molar refractivity (Wildman–Crippen MR) is 140 cm³/mol. The number of nitrogens with zero attached hydrogens (tertiary/aromatic N) is 3. The van der Waals surface area contributed by atoms with E-state index in [9.17, 15) is 19.4 Å². The molecule has 0 aliphatic carbocycles. The zero-order chi connectivity index (χ0) is 27.4. The number of carbonyl (C=O) groups is 1. The van der Waals surface area contributed by atoms with Gasteiger partial charge in [0.2, 0.25) is 0 Å². The number of cyclic esters (lactones) is 1. The zero-order valence-electron chi connectivity index (χ0n) is 21.8. The highest BCUT2D eigenvalue weighted by molar-refractivity contribution is 5.90. The minimum atomic E-state index is -1.02. The first-order chi connectivity index (χ1) is 19.0. The van der Waals surface area contributed by atoms with E-state index in [1.807, 2.05) is 12.1 Å². The van der Waals surface area contributed by atoms with Crippen molar-refractivity contribution < 1.29 is 38.3 Å². The fourth-order valence-corrected chi connectivity index (χ4v) is 5.01. The molecule has 3 aliphatic rings. The van der Waals surface area contributed by atoms with E-state index in [2.05, 4.69) is 10.3 Å². The summed E-state index contributed by atoms with van der Waals surface area (Å²) in [5.41, 5.74) is 2.42. The maximum atomic E-state index is 14.9. The molecule has 1 saturated heterocycles. The molecular formula is C27H33FN4O7. The van der Waals surface area contributed by atoms with Crippen molar-refractivity contribution in [3.8, 4) is 11.5 Å². The molecule has 2 aromatic rings. The van der Waals surface area contributed by atoms with Crippen LogP contribution in [-0.4, -0.2) is 86.6 Å². The maximum Gasteiger partial charge on any atom is 0.414 e. The largest absolute Gasteiger partial charge is 0.486 e. The predicted octanol–water partition coefficient (Wildman–Crippen LogP) is 1.74. The Morgan fingerprint density at radius 3 is 2.90 bits per heavy atom. The van der Waals surface area contributed by atoms with Gasteiger partial charge >= 0.3 is 6.09 Å². The standard InChI is InChI=1S/C27H33FN4O7/c1-36-25-7-5-22-26(32(25)14-18(34)16-33)20(21(28)13-30-22)3-2-8-29-12-19-15-31(27(35)39-19)17-4-6-23-24(11-17)38-10-9-37-23/h4,6-7,11,13,18-19,29,33-34H,2-3,5,8-10,12,14-16H2,1H3/t18?,19-/m1/s1. The summed E-state index contributed by atoms with van der Waals surface area (Å²) in [5.74, 6) is 1.31. The van der Waals surface area contributed by atoms with Crippen molar-refractivity contribution in [3.63, 3.8) is 0 Å². The van der Waals surface area contributed by atoms with E-state index in [0.29, 0.717) is 92.1 Å². The number of aliphatic hydroxyl groups excluding tert-OH is 2. The van der Waals surface area contributed by atoms with Crippen LogP contribution in [0.1, 0.15) is 17.7 Å². The number of allylic oxidation sites excluding steroid dienone is 1. The first-order valence-electron chi connectivity index (χ1n) is 13.0. The minimum Gasteiger partial charge on any atom is -0.486 e. The van der Waals surface area contributed by atoms with E-state index in [1.165, 1.54) is 13.3 Å². The van der Waals surface area contributed by atoms with Crippen molar-refractivity contribution in [1.29, 1.82) is 0 Å². The number of hydrogen-bond acceptors (Lipinski definition) is 10. The highest BCUT2D eigenvalue weighted by Gasteiger charge is 2.33. The SMILES string of the molecule is COC1=CCc2ncc(F)c(CCCNC[C@@H]3CN(c4ccc5c(c4)OCCO5)C(=O)O3)c2N1CC(O)CO. The van der Waals surface area contributed by atoms with E-state index in [-0.39, 0.29) is 12.6 Å². The van der Waals surface area contributed by atoms with Gasteiger partial charge in [0.1, 0.15) is 25.1 Å². The maximum absolute atomic E-state index is 14.9. The molecule has 1 aromatic heterocycles. The average Bonchev–Trinajstić information content (AvgIpc) is 3.33. The fourth-order valence-electron chi connectivity index (χ4n) is 5.01. The van der Waals surface area contributed by atoms with Crippen LogP contribution in [0.3, 0.4) is 0 Å². The lowest BCUT2D eigenvalue weighted by Crippen LogP contribution is -2.37. The van der Waals surface area contributed by atoms with Gasteiger partial charge < -0.3 is 39.4 Å². The van der Waals surface area contributed by atoms with Crippen molar-refractivity contribution in [3.05, 3.63) is 53.4 Å². The van der Waals surface area contributed by atoms with Gasteiger partial charge in [0, 0.05) is 24.6 Å². The van der Waals surface area contributed by atoms with Gasteiger partial charge in [-0.1, -0.05) is 0 Å². The smallest absolute Gasteiger partial charge is 0.414 e. The van der Waals surface area contributed by atoms with Gasteiger partial charge in [-0.3, -0.25) is 9.88 Å². The molecule has 210 valence electrons. The van der Waals surface area contributed by atoms with E-state index in [0.717, 1.165) is 0 Å². The minimum absolute atomic E-state index is 0.0481. The second-order valence-electron chi connectivity index (χ2n) is 9.53. The third-order valence-electron chi connectivity index (χ3n) is 6.86. The Bertz CT molecular complexity index is 1230. The van der Waals surface area contributed by atoms with Gasteiger partial charge in [0.25, 0.3) is 0 Å². The molecule has 1 amide bonds. The number of rotatable bonds is 11. The summed E-state index contributed by atoms with van der Waals surface area (Å²) in [6, 6.07) is 5.38. The number of carbonyl (C=O) groups excluding carboxylic acids is 1. The third-order valence-corrected chi connectivity index (χ3v) is 6.86. The average molecular weight is 545 g/mol. The van der Waals surface area contributed by atoms with Crippen LogP contribution in [-0.2, 0) is 22.3 Å². The molecule has 1 fully saturated rings. The van der Waals surface area contributed by atoms with Gasteiger partial charge in [0.05, 0.1) is 56.2 Å². The summed E-state index contributed by atoms with van der Waals surface area (Å²) in [7, 11) is 1.51. The highest BCUT2D eigenvalue weighted by Crippen LogP contribution is 2.36. The molecule has 3 aliphatic heterocycles. The molecule has 11 nitrogen and oxygen atoms in total. The summed E-state index contributed by atoms with van der Waals surface area (Å²) in [5, 5.41) is 22.7. The van der Waals surface area contributed by atoms with Crippen molar-refractivity contribution >= 4 is 17.5 Å². The lowest BCUT2D eigenvalue weighted by Gasteiger charge is -2.33. The lowest BCUT2D eigenvalue weighted by atomic mass is 10.0. The molecule has 0 saturated carbocycles. The number of β-amino-alcohol motifs (C(OH)–C–C–N with tert-alkyl or cyclic N) is 1. The van der Waals surface area contributed by atoms with Gasteiger partial charge in [-0.05, 0) is 37.6 Å². The fraction of sp³-hybridized carbons (Fsp3) is 0.481. The highest BCUT2D eigenvalue weighted by atomic mass is 19.1. The normalized spacial score (nSPS) is 18.9. The Hall–Kier alpha value is -3.61. The monoisotopic (exact) mass is 544 g/mol. The van der Waals surface area contributed by atoms with Crippen LogP contribution >= 0.6 is 0 Å². The summed E-state index contributed by atoms with van der Waals surface area (Å²) >= 11 is 0. The summed E-state index contributed by atoms with van der Waals surface area (Å²) in [6.45, 7) is 2.00. The number of benzene rings is 1. The molecule has 0 bridgehead atoms. The Kier molecular flexibility index (Phi) is 8.34. The lowest BCUT2D eigenvalue weighted by molar-refractivity contribution is 0.0976. The van der Waals surface area contributed by atoms with Crippen LogP contribution in [0.15, 0.2) is 36.4 Å². The van der Waals surface area contributed by atoms with Gasteiger partial charge in [-0.15, -0.1) is 0 Å². The van der Waals surface area contributed by atoms with Crippen LogP contribution in [0.2, 0.25) is 0 Å². The number of amides is 1. The molecule has 0 spiro atoms. The van der Waals surface area contributed by atoms with Crippen molar-refractivity contribution in [1.82, 2.24) is 10.3 Å². The van der Waals surface area contributed by atoms with Gasteiger partial charge in [-0.25, -0.2) is 9.18 Å². The molecule has 2 atom stereocenters. The molecule has 1 unspecified atom stereocenters. The molecule has 5 rings (SSSR count). The number of aliphatic hydroxyl groups is 2. The zero-order valence-corrected chi connectivity index (χ0v) is 21.8. The second kappa shape index (κ2) is 12.1. The number of ether oxygens (including phenoxy) is 4. The van der Waals surface area contributed by atoms with Crippen LogP contribution in [0.25, 0.3) is 0 Å². The van der Waals surface area contributed by atoms with Gasteiger partial charge in [0.15, 0.2) is 17.4 Å². The molecular weight excluding hydrogens is 511 g/mol. The number of halogens is 1. The van der Waals surface area contributed by atoms with Crippen molar-refractivity contribution in [2.75, 3.05) is 62.9 Å². The molecule has 39 heavy (non-hydrogen) atoms. The first-order valence-corrected chi connectivity index (χ1v) is 13.0. The Morgan fingerprint density at radius 1 is 1.28 bits per heavy atom. The summed E-state index contributed by atoms with van der Waals surface area (Å²) < 4.78 is 37.1. The molecule has 12 heteroatoms. The molecule has 4 heterocycles. The van der Waals surface area contributed by atoms with Crippen molar-refractivity contribution in [2.45, 2.75) is 31.5 Å². The number of nitrogens with one attached hydrogen (secondary N) is 1. The number of fused-ring (bicyclic) bond motifs is 2. The second-order valence-corrected chi connectivity index (χ2v) is 9.53. The topological polar surface area (TPSA) is 126 Å². The van der Waals surface area contributed by atoms with E-state index in [4.69, 9.17) is 18.9 Å². The number of aromatic nitrogens is 1.